The van der Waals surface area contributed by atoms with Crippen molar-refractivity contribution < 1.29 is 18.9 Å². The van der Waals surface area contributed by atoms with Crippen LogP contribution in [0.5, 0.6) is 0 Å². The Bertz CT molecular complexity index is 690. The molecular formula is C13H11N3O5. The van der Waals surface area contributed by atoms with Gasteiger partial charge in [-0.25, -0.2) is 0 Å². The van der Waals surface area contributed by atoms with Crippen molar-refractivity contribution in [3.63, 3.8) is 0 Å². The minimum atomic E-state index is -0.723. The van der Waals surface area contributed by atoms with E-state index in [1.54, 1.807) is 24.3 Å². The molecule has 0 atom stereocenters. The number of furan rings is 1. The molecule has 2 rings (SSSR count). The van der Waals surface area contributed by atoms with Crippen LogP contribution in [-0.2, 0) is 4.79 Å². The third-order valence-corrected chi connectivity index (χ3v) is 2.46. The maximum atomic E-state index is 11.8. The summed E-state index contributed by atoms with van der Waals surface area (Å²) in [5.74, 6) is -1.46. The third kappa shape index (κ3) is 3.66. The number of anilines is 2. The summed E-state index contributed by atoms with van der Waals surface area (Å²) in [7, 11) is 0. The van der Waals surface area contributed by atoms with Gasteiger partial charge < -0.3 is 15.1 Å². The Balaban J connectivity index is 2.04. The number of nitrogens with zero attached hydrogens (tertiary/aromatic N) is 1. The third-order valence-electron chi connectivity index (χ3n) is 2.46. The van der Waals surface area contributed by atoms with Crippen molar-refractivity contribution >= 4 is 29.1 Å². The van der Waals surface area contributed by atoms with E-state index in [1.807, 2.05) is 0 Å². The number of nitro groups is 1. The van der Waals surface area contributed by atoms with E-state index in [9.17, 15) is 19.7 Å². The molecule has 2 aromatic rings. The van der Waals surface area contributed by atoms with Crippen molar-refractivity contribution in [3.8, 4) is 0 Å². The topological polar surface area (TPSA) is 114 Å². The summed E-state index contributed by atoms with van der Waals surface area (Å²) in [6, 6.07) is 8.72. The van der Waals surface area contributed by atoms with Gasteiger partial charge in [-0.05, 0) is 30.3 Å². The minimum Gasteiger partial charge on any atom is -0.395 e. The molecule has 0 saturated carbocycles. The van der Waals surface area contributed by atoms with Gasteiger partial charge in [0.15, 0.2) is 5.76 Å². The van der Waals surface area contributed by atoms with E-state index in [0.717, 1.165) is 6.07 Å². The zero-order valence-electron chi connectivity index (χ0n) is 11.0. The van der Waals surface area contributed by atoms with Crippen LogP contribution in [0.1, 0.15) is 17.5 Å². The van der Waals surface area contributed by atoms with Crippen LogP contribution in [0.4, 0.5) is 17.3 Å². The van der Waals surface area contributed by atoms with E-state index < -0.39 is 16.7 Å². The highest BCUT2D eigenvalue weighted by Gasteiger charge is 2.17. The van der Waals surface area contributed by atoms with Gasteiger partial charge in [-0.3, -0.25) is 19.7 Å². The van der Waals surface area contributed by atoms with Crippen LogP contribution in [0.15, 0.2) is 40.8 Å². The molecular weight excluding hydrogens is 278 g/mol. The lowest BCUT2D eigenvalue weighted by atomic mass is 10.2. The van der Waals surface area contributed by atoms with Gasteiger partial charge in [0, 0.05) is 18.3 Å². The Morgan fingerprint density at radius 1 is 1.05 bits per heavy atom. The van der Waals surface area contributed by atoms with Gasteiger partial charge in [0.1, 0.15) is 4.92 Å². The fourth-order valence-corrected chi connectivity index (χ4v) is 1.58. The highest BCUT2D eigenvalue weighted by molar-refractivity contribution is 6.02. The van der Waals surface area contributed by atoms with Crippen molar-refractivity contribution in [3.05, 3.63) is 52.3 Å². The predicted octanol–water partition coefficient (Wildman–Crippen LogP) is 2.40. The van der Waals surface area contributed by atoms with E-state index in [-0.39, 0.29) is 11.7 Å². The quantitative estimate of drug-likeness (QED) is 0.662. The molecule has 8 nitrogen and oxygen atoms in total. The number of hydrogen-bond acceptors (Lipinski definition) is 5. The number of amides is 2. The van der Waals surface area contributed by atoms with Gasteiger partial charge in [0.2, 0.25) is 5.91 Å². The molecule has 0 aliphatic rings. The number of carbonyl (C=O) groups is 2. The number of rotatable bonds is 4. The predicted molar refractivity (Wildman–Crippen MR) is 74.1 cm³/mol. The molecule has 21 heavy (non-hydrogen) atoms. The molecule has 0 aliphatic heterocycles. The number of benzene rings is 1. The second-order valence-electron chi connectivity index (χ2n) is 4.11. The Hall–Kier alpha value is -3.16. The maximum Gasteiger partial charge on any atom is 0.433 e. The van der Waals surface area contributed by atoms with Crippen molar-refractivity contribution in [1.29, 1.82) is 0 Å². The SMILES string of the molecule is CC(=O)Nc1ccc(NC(=O)c2ccc([N+](=O)[O-])o2)cc1. The second-order valence-corrected chi connectivity index (χ2v) is 4.11. The zero-order chi connectivity index (χ0) is 15.4. The zero-order valence-corrected chi connectivity index (χ0v) is 11.0. The first-order valence-corrected chi connectivity index (χ1v) is 5.89. The largest absolute Gasteiger partial charge is 0.433 e. The number of nitrogens with one attached hydrogen (secondary N) is 2. The van der Waals surface area contributed by atoms with Gasteiger partial charge in [-0.1, -0.05) is 0 Å². The highest BCUT2D eigenvalue weighted by atomic mass is 16.6. The lowest BCUT2D eigenvalue weighted by Crippen LogP contribution is -2.11. The molecule has 0 bridgehead atoms. The molecule has 2 N–H and O–H groups in total. The average Bonchev–Trinajstić information content (AvgIpc) is 2.90. The smallest absolute Gasteiger partial charge is 0.395 e. The highest BCUT2D eigenvalue weighted by Crippen LogP contribution is 2.18. The molecule has 108 valence electrons. The molecule has 2 amide bonds. The van der Waals surface area contributed by atoms with E-state index in [2.05, 4.69) is 10.6 Å². The Kier molecular flexibility index (Phi) is 3.98. The summed E-state index contributed by atoms with van der Waals surface area (Å²) >= 11 is 0. The first kappa shape index (κ1) is 14.3. The van der Waals surface area contributed by atoms with Crippen molar-refractivity contribution in [2.24, 2.45) is 0 Å². The van der Waals surface area contributed by atoms with Gasteiger partial charge in [0.25, 0.3) is 5.91 Å². The van der Waals surface area contributed by atoms with Gasteiger partial charge in [-0.15, -0.1) is 0 Å². The van der Waals surface area contributed by atoms with Crippen molar-refractivity contribution in [2.45, 2.75) is 6.92 Å². The van der Waals surface area contributed by atoms with Crippen LogP contribution in [0.3, 0.4) is 0 Å². The molecule has 0 aliphatic carbocycles. The van der Waals surface area contributed by atoms with Gasteiger partial charge >= 0.3 is 5.88 Å². The summed E-state index contributed by atoms with van der Waals surface area (Å²) < 4.78 is 4.79. The van der Waals surface area contributed by atoms with Crippen LogP contribution >= 0.6 is 0 Å². The number of carbonyl (C=O) groups excluding carboxylic acids is 2. The summed E-state index contributed by atoms with van der Waals surface area (Å²) in [4.78, 5) is 32.4. The van der Waals surface area contributed by atoms with Crippen LogP contribution in [-0.4, -0.2) is 16.7 Å². The summed E-state index contributed by atoms with van der Waals surface area (Å²) in [5.41, 5.74) is 1.06. The first-order chi connectivity index (χ1) is 9.95. The normalized spacial score (nSPS) is 9.95. The molecule has 0 spiro atoms. The lowest BCUT2D eigenvalue weighted by molar-refractivity contribution is -0.402. The lowest BCUT2D eigenvalue weighted by Gasteiger charge is -2.05. The van der Waals surface area contributed by atoms with E-state index in [4.69, 9.17) is 4.42 Å². The van der Waals surface area contributed by atoms with Crippen molar-refractivity contribution in [1.82, 2.24) is 0 Å². The monoisotopic (exact) mass is 289 g/mol. The van der Waals surface area contributed by atoms with Crippen molar-refractivity contribution in [2.75, 3.05) is 10.6 Å². The first-order valence-electron chi connectivity index (χ1n) is 5.89. The van der Waals surface area contributed by atoms with Crippen LogP contribution < -0.4 is 10.6 Å². The summed E-state index contributed by atoms with van der Waals surface area (Å²) in [6.45, 7) is 1.39. The molecule has 1 aromatic heterocycles. The molecule has 1 aromatic carbocycles. The van der Waals surface area contributed by atoms with E-state index in [0.29, 0.717) is 11.4 Å². The van der Waals surface area contributed by atoms with Crippen LogP contribution in [0, 0.1) is 10.1 Å². The van der Waals surface area contributed by atoms with Gasteiger partial charge in [-0.2, -0.15) is 0 Å². The van der Waals surface area contributed by atoms with E-state index in [1.165, 1.54) is 13.0 Å². The minimum absolute atomic E-state index is 0.160. The fourth-order valence-electron chi connectivity index (χ4n) is 1.58. The Labute approximate surface area is 118 Å². The van der Waals surface area contributed by atoms with E-state index >= 15 is 0 Å². The summed E-state index contributed by atoms with van der Waals surface area (Å²) in [6.07, 6.45) is 0. The van der Waals surface area contributed by atoms with Crippen LogP contribution in [0.2, 0.25) is 0 Å². The standard InChI is InChI=1S/C13H11N3O5/c1-8(17)14-9-2-4-10(5-3-9)15-13(18)11-6-7-12(21-11)16(19)20/h2-7H,1H3,(H,14,17)(H,15,18). The molecule has 8 heteroatoms. The van der Waals surface area contributed by atoms with Gasteiger partial charge in [0.05, 0.1) is 6.07 Å². The maximum absolute atomic E-state index is 11.8. The summed E-state index contributed by atoms with van der Waals surface area (Å²) in [5, 5.41) is 15.6. The Morgan fingerprint density at radius 3 is 2.10 bits per heavy atom. The molecule has 1 heterocycles. The molecule has 0 radical (unpaired) electrons. The number of hydrogen-bond donors (Lipinski definition) is 2. The molecule has 0 unspecified atom stereocenters. The fraction of sp³-hybridized carbons (Fsp3) is 0.0769. The Morgan fingerprint density at radius 2 is 1.62 bits per heavy atom. The van der Waals surface area contributed by atoms with Crippen LogP contribution in [0.25, 0.3) is 0 Å². The molecule has 0 fully saturated rings. The molecule has 0 saturated heterocycles. The average molecular weight is 289 g/mol. The second kappa shape index (κ2) is 5.87.